The zero-order chi connectivity index (χ0) is 18.2. The number of benzene rings is 1. The molecule has 1 aromatic rings. The van der Waals surface area contributed by atoms with E-state index in [1.807, 2.05) is 17.9 Å². The molecule has 6 nitrogen and oxygen atoms in total. The van der Waals surface area contributed by atoms with Crippen LogP contribution in [0, 0.1) is 19.8 Å². The van der Waals surface area contributed by atoms with E-state index in [1.54, 1.807) is 19.1 Å². The van der Waals surface area contributed by atoms with Gasteiger partial charge in [-0.25, -0.2) is 13.1 Å². The van der Waals surface area contributed by atoms with Crippen LogP contribution in [0.1, 0.15) is 36.8 Å². The number of carboxylic acids is 1. The van der Waals surface area contributed by atoms with E-state index in [9.17, 15) is 13.2 Å². The molecule has 0 saturated heterocycles. The predicted octanol–water partition coefficient (Wildman–Crippen LogP) is 1.91. The first-order valence-electron chi connectivity index (χ1n) is 8.80. The summed E-state index contributed by atoms with van der Waals surface area (Å²) in [6.45, 7) is 4.59. The van der Waals surface area contributed by atoms with Crippen LogP contribution in [0.25, 0.3) is 0 Å². The van der Waals surface area contributed by atoms with Crippen LogP contribution in [0.2, 0.25) is 0 Å². The molecular formula is C18H26N2O4S. The van der Waals surface area contributed by atoms with Gasteiger partial charge in [0.1, 0.15) is 0 Å². The molecule has 0 heterocycles. The van der Waals surface area contributed by atoms with Crippen molar-refractivity contribution in [1.82, 2.24) is 9.62 Å². The molecule has 0 amide bonds. The van der Waals surface area contributed by atoms with Crippen LogP contribution >= 0.6 is 0 Å². The summed E-state index contributed by atoms with van der Waals surface area (Å²) < 4.78 is 28.0. The standard InChI is InChI=1S/C18H26N2O4S/c1-12-3-6-17(13(2)7-12)25(23,24)19-15-8-16(9-15)20(11-18(21)22)10-14-4-5-14/h3,6-7,14-16,19H,4-5,8-11H2,1-2H3,(H,21,22). The highest BCUT2D eigenvalue weighted by atomic mass is 32.2. The number of hydrogen-bond acceptors (Lipinski definition) is 4. The number of rotatable bonds is 8. The molecule has 3 rings (SSSR count). The number of sulfonamides is 1. The van der Waals surface area contributed by atoms with Crippen molar-refractivity contribution in [2.24, 2.45) is 5.92 Å². The van der Waals surface area contributed by atoms with Gasteiger partial charge in [-0.05, 0) is 57.1 Å². The van der Waals surface area contributed by atoms with Crippen molar-refractivity contribution in [1.29, 1.82) is 0 Å². The van der Waals surface area contributed by atoms with Gasteiger partial charge in [-0.1, -0.05) is 17.7 Å². The normalized spacial score (nSPS) is 23.5. The van der Waals surface area contributed by atoms with E-state index >= 15 is 0 Å². The number of carbonyl (C=O) groups is 1. The first-order valence-corrected chi connectivity index (χ1v) is 10.3. The van der Waals surface area contributed by atoms with E-state index in [-0.39, 0.29) is 18.6 Å². The molecule has 1 aromatic carbocycles. The fourth-order valence-corrected chi connectivity index (χ4v) is 5.00. The van der Waals surface area contributed by atoms with Crippen molar-refractivity contribution in [2.45, 2.75) is 56.5 Å². The molecule has 0 atom stereocenters. The minimum atomic E-state index is -3.54. The number of carboxylic acid groups (broad SMARTS) is 1. The van der Waals surface area contributed by atoms with Crippen molar-refractivity contribution in [2.75, 3.05) is 13.1 Å². The van der Waals surface area contributed by atoms with Crippen LogP contribution in [0.15, 0.2) is 23.1 Å². The van der Waals surface area contributed by atoms with E-state index in [2.05, 4.69) is 4.72 Å². The molecule has 7 heteroatoms. The fraction of sp³-hybridized carbons (Fsp3) is 0.611. The van der Waals surface area contributed by atoms with Gasteiger partial charge in [-0.2, -0.15) is 0 Å². The molecule has 2 saturated carbocycles. The van der Waals surface area contributed by atoms with E-state index in [0.29, 0.717) is 23.7 Å². The molecule has 0 unspecified atom stereocenters. The van der Waals surface area contributed by atoms with E-state index in [1.165, 1.54) is 12.8 Å². The number of hydrogen-bond donors (Lipinski definition) is 2. The number of aryl methyl sites for hydroxylation is 2. The Morgan fingerprint density at radius 3 is 2.52 bits per heavy atom. The van der Waals surface area contributed by atoms with Gasteiger partial charge in [0, 0.05) is 18.6 Å². The zero-order valence-corrected chi connectivity index (χ0v) is 15.6. The second-order valence-electron chi connectivity index (χ2n) is 7.48. The van der Waals surface area contributed by atoms with Crippen LogP contribution < -0.4 is 4.72 Å². The molecule has 2 aliphatic carbocycles. The molecule has 2 fully saturated rings. The summed E-state index contributed by atoms with van der Waals surface area (Å²) in [6.07, 6.45) is 3.69. The summed E-state index contributed by atoms with van der Waals surface area (Å²) in [4.78, 5) is 13.4. The Labute approximate surface area is 149 Å². The molecule has 138 valence electrons. The summed E-state index contributed by atoms with van der Waals surface area (Å²) in [5.74, 6) is -0.203. The van der Waals surface area contributed by atoms with Crippen molar-refractivity contribution < 1.29 is 18.3 Å². The molecule has 0 bridgehead atoms. The second-order valence-corrected chi connectivity index (χ2v) is 9.16. The van der Waals surface area contributed by atoms with E-state index in [4.69, 9.17) is 5.11 Å². The van der Waals surface area contributed by atoms with Crippen molar-refractivity contribution in [3.05, 3.63) is 29.3 Å². The van der Waals surface area contributed by atoms with Crippen LogP contribution in [0.5, 0.6) is 0 Å². The zero-order valence-electron chi connectivity index (χ0n) is 14.7. The molecule has 0 spiro atoms. The Morgan fingerprint density at radius 1 is 1.28 bits per heavy atom. The molecule has 0 aromatic heterocycles. The lowest BCUT2D eigenvalue weighted by atomic mass is 9.86. The smallest absolute Gasteiger partial charge is 0.317 e. The third kappa shape index (κ3) is 4.59. The molecule has 0 radical (unpaired) electrons. The van der Waals surface area contributed by atoms with Crippen LogP contribution in [-0.4, -0.2) is 49.6 Å². The highest BCUT2D eigenvalue weighted by Crippen LogP contribution is 2.34. The SMILES string of the molecule is Cc1ccc(S(=O)(=O)NC2CC(N(CC(=O)O)CC3CC3)C2)c(C)c1. The maximum Gasteiger partial charge on any atom is 0.317 e. The van der Waals surface area contributed by atoms with Gasteiger partial charge in [0.25, 0.3) is 0 Å². The van der Waals surface area contributed by atoms with Gasteiger partial charge < -0.3 is 5.11 Å². The number of nitrogens with one attached hydrogen (secondary N) is 1. The van der Waals surface area contributed by atoms with Crippen LogP contribution in [0.4, 0.5) is 0 Å². The van der Waals surface area contributed by atoms with Crippen molar-refractivity contribution in [3.8, 4) is 0 Å². The lowest BCUT2D eigenvalue weighted by Gasteiger charge is -2.42. The fourth-order valence-electron chi connectivity index (χ4n) is 3.51. The number of aliphatic carboxylic acids is 1. The highest BCUT2D eigenvalue weighted by molar-refractivity contribution is 7.89. The van der Waals surface area contributed by atoms with E-state index in [0.717, 1.165) is 17.7 Å². The summed E-state index contributed by atoms with van der Waals surface area (Å²) in [6, 6.07) is 5.35. The largest absolute Gasteiger partial charge is 0.480 e. The van der Waals surface area contributed by atoms with Gasteiger partial charge in [0.15, 0.2) is 0 Å². The predicted molar refractivity (Wildman–Crippen MR) is 95.0 cm³/mol. The second kappa shape index (κ2) is 7.05. The molecule has 2 N–H and O–H groups in total. The monoisotopic (exact) mass is 366 g/mol. The minimum absolute atomic E-state index is 0.0394. The Morgan fingerprint density at radius 2 is 1.96 bits per heavy atom. The Kier molecular flexibility index (Phi) is 5.18. The van der Waals surface area contributed by atoms with Gasteiger partial charge in [0.05, 0.1) is 11.4 Å². The summed E-state index contributed by atoms with van der Waals surface area (Å²) in [5, 5.41) is 9.09. The van der Waals surface area contributed by atoms with Gasteiger partial charge in [0.2, 0.25) is 10.0 Å². The quantitative estimate of drug-likeness (QED) is 0.734. The Balaban J connectivity index is 1.59. The summed E-state index contributed by atoms with van der Waals surface area (Å²) >= 11 is 0. The highest BCUT2D eigenvalue weighted by Gasteiger charge is 2.39. The third-order valence-corrected chi connectivity index (χ3v) is 6.78. The van der Waals surface area contributed by atoms with Crippen molar-refractivity contribution >= 4 is 16.0 Å². The molecule has 2 aliphatic rings. The molecular weight excluding hydrogens is 340 g/mol. The topological polar surface area (TPSA) is 86.7 Å². The molecule has 0 aliphatic heterocycles. The lowest BCUT2D eigenvalue weighted by molar-refractivity contribution is -0.139. The molecule has 25 heavy (non-hydrogen) atoms. The van der Waals surface area contributed by atoms with Gasteiger partial charge >= 0.3 is 5.97 Å². The average Bonchev–Trinajstić information content (AvgIpc) is 3.24. The maximum absolute atomic E-state index is 12.6. The van der Waals surface area contributed by atoms with Gasteiger partial charge in [-0.3, -0.25) is 9.69 Å². The first kappa shape index (κ1) is 18.4. The number of nitrogens with zero attached hydrogens (tertiary/aromatic N) is 1. The third-order valence-electron chi connectivity index (χ3n) is 5.10. The minimum Gasteiger partial charge on any atom is -0.480 e. The van der Waals surface area contributed by atoms with Gasteiger partial charge in [-0.15, -0.1) is 0 Å². The average molecular weight is 366 g/mol. The Bertz CT molecular complexity index is 752. The lowest BCUT2D eigenvalue weighted by Crippen LogP contribution is -2.55. The summed E-state index contributed by atoms with van der Waals surface area (Å²) in [5.41, 5.74) is 1.77. The van der Waals surface area contributed by atoms with E-state index < -0.39 is 16.0 Å². The summed E-state index contributed by atoms with van der Waals surface area (Å²) in [7, 11) is -3.54. The van der Waals surface area contributed by atoms with Crippen LogP contribution in [0.3, 0.4) is 0 Å². The Hall–Kier alpha value is -1.44. The first-order chi connectivity index (χ1) is 11.7. The van der Waals surface area contributed by atoms with Crippen LogP contribution in [-0.2, 0) is 14.8 Å². The maximum atomic E-state index is 12.6. The van der Waals surface area contributed by atoms with Crippen molar-refractivity contribution in [3.63, 3.8) is 0 Å².